The summed E-state index contributed by atoms with van der Waals surface area (Å²) in [4.78, 5) is 12.2. The number of anilines is 1. The van der Waals surface area contributed by atoms with Crippen LogP contribution in [0.4, 0.5) is 5.69 Å². The van der Waals surface area contributed by atoms with Gasteiger partial charge >= 0.3 is 0 Å². The van der Waals surface area contributed by atoms with E-state index >= 15 is 0 Å². The van der Waals surface area contributed by atoms with Gasteiger partial charge in [-0.05, 0) is 38.0 Å². The average Bonchev–Trinajstić information content (AvgIpc) is 3.18. The van der Waals surface area contributed by atoms with Gasteiger partial charge in [0.2, 0.25) is 5.76 Å². The summed E-state index contributed by atoms with van der Waals surface area (Å²) in [5, 5.41) is 6.93. The van der Waals surface area contributed by atoms with E-state index in [1.165, 1.54) is 0 Å². The number of amides is 1. The SMILES string of the molecule is Cc1cc(C(=O)Nc2cc(Cl)ccc2OC[C@@H]2CCCO2)on1. The molecule has 1 amide bonds. The van der Waals surface area contributed by atoms with Gasteiger partial charge in [0.1, 0.15) is 12.4 Å². The third-order valence-corrected chi connectivity index (χ3v) is 3.73. The summed E-state index contributed by atoms with van der Waals surface area (Å²) in [6.45, 7) is 2.95. The van der Waals surface area contributed by atoms with E-state index in [9.17, 15) is 4.79 Å². The van der Waals surface area contributed by atoms with Gasteiger partial charge in [-0.3, -0.25) is 4.79 Å². The van der Waals surface area contributed by atoms with Gasteiger partial charge in [-0.25, -0.2) is 0 Å². The second-order valence-electron chi connectivity index (χ2n) is 5.37. The maximum Gasteiger partial charge on any atom is 0.294 e. The van der Waals surface area contributed by atoms with Gasteiger partial charge in [0.05, 0.1) is 17.5 Å². The molecule has 0 saturated carbocycles. The third kappa shape index (κ3) is 4.03. The first kappa shape index (κ1) is 15.8. The fraction of sp³-hybridized carbons (Fsp3) is 0.375. The Balaban J connectivity index is 1.71. The van der Waals surface area contributed by atoms with E-state index in [1.54, 1.807) is 31.2 Å². The highest BCUT2D eigenvalue weighted by Gasteiger charge is 2.18. The van der Waals surface area contributed by atoms with Crippen LogP contribution in [0.25, 0.3) is 0 Å². The van der Waals surface area contributed by atoms with E-state index < -0.39 is 5.91 Å². The summed E-state index contributed by atoms with van der Waals surface area (Å²) in [6, 6.07) is 6.62. The molecule has 0 aliphatic carbocycles. The molecular formula is C16H17ClN2O4. The molecule has 1 aromatic heterocycles. The zero-order valence-electron chi connectivity index (χ0n) is 12.7. The molecular weight excluding hydrogens is 320 g/mol. The molecule has 0 spiro atoms. The van der Waals surface area contributed by atoms with E-state index in [4.69, 9.17) is 25.6 Å². The van der Waals surface area contributed by atoms with E-state index in [0.29, 0.717) is 28.8 Å². The Morgan fingerprint density at radius 3 is 3.04 bits per heavy atom. The van der Waals surface area contributed by atoms with E-state index in [2.05, 4.69) is 10.5 Å². The van der Waals surface area contributed by atoms with Gasteiger partial charge in [-0.2, -0.15) is 0 Å². The molecule has 1 aliphatic rings. The molecule has 1 fully saturated rings. The fourth-order valence-electron chi connectivity index (χ4n) is 2.34. The van der Waals surface area contributed by atoms with Crippen LogP contribution in [-0.4, -0.2) is 30.4 Å². The Labute approximate surface area is 138 Å². The summed E-state index contributed by atoms with van der Waals surface area (Å²) >= 11 is 6.01. The zero-order valence-corrected chi connectivity index (χ0v) is 13.4. The number of halogens is 1. The molecule has 1 aromatic carbocycles. The Kier molecular flexibility index (Phi) is 4.83. The number of ether oxygens (including phenoxy) is 2. The van der Waals surface area contributed by atoms with E-state index in [0.717, 1.165) is 19.4 Å². The second-order valence-corrected chi connectivity index (χ2v) is 5.81. The van der Waals surface area contributed by atoms with Crippen molar-refractivity contribution in [2.45, 2.75) is 25.9 Å². The quantitative estimate of drug-likeness (QED) is 0.905. The number of hydrogen-bond donors (Lipinski definition) is 1. The summed E-state index contributed by atoms with van der Waals surface area (Å²) in [6.07, 6.45) is 2.11. The van der Waals surface area contributed by atoms with Crippen LogP contribution in [0, 0.1) is 6.92 Å². The number of nitrogens with one attached hydrogen (secondary N) is 1. The number of carbonyl (C=O) groups excluding carboxylic acids is 1. The van der Waals surface area contributed by atoms with Crippen molar-refractivity contribution in [2.24, 2.45) is 0 Å². The molecule has 122 valence electrons. The summed E-state index contributed by atoms with van der Waals surface area (Å²) in [5.74, 6) is 0.261. The summed E-state index contributed by atoms with van der Waals surface area (Å²) < 4.78 is 16.3. The molecule has 23 heavy (non-hydrogen) atoms. The number of rotatable bonds is 5. The van der Waals surface area contributed by atoms with Crippen molar-refractivity contribution in [3.63, 3.8) is 0 Å². The molecule has 1 saturated heterocycles. The number of hydrogen-bond acceptors (Lipinski definition) is 5. The number of nitrogens with zero attached hydrogens (tertiary/aromatic N) is 1. The second kappa shape index (κ2) is 7.02. The predicted octanol–water partition coefficient (Wildman–Crippen LogP) is 3.45. The van der Waals surface area contributed by atoms with Crippen LogP contribution in [0.15, 0.2) is 28.8 Å². The molecule has 0 bridgehead atoms. The lowest BCUT2D eigenvalue weighted by Gasteiger charge is -2.15. The largest absolute Gasteiger partial charge is 0.489 e. The lowest BCUT2D eigenvalue weighted by molar-refractivity contribution is 0.0681. The highest BCUT2D eigenvalue weighted by atomic mass is 35.5. The molecule has 0 unspecified atom stereocenters. The van der Waals surface area contributed by atoms with Crippen molar-refractivity contribution in [2.75, 3.05) is 18.5 Å². The lowest BCUT2D eigenvalue weighted by Crippen LogP contribution is -2.18. The molecule has 6 nitrogen and oxygen atoms in total. The first-order chi connectivity index (χ1) is 11.1. The first-order valence-electron chi connectivity index (χ1n) is 7.40. The molecule has 1 N–H and O–H groups in total. The third-order valence-electron chi connectivity index (χ3n) is 3.49. The standard InChI is InChI=1S/C16H17ClN2O4/c1-10-7-15(23-19-10)16(20)18-13-8-11(17)4-5-14(13)22-9-12-3-2-6-21-12/h4-5,7-8,12H,2-3,6,9H2,1H3,(H,18,20)/t12-/m0/s1. The van der Waals surface area contributed by atoms with Gasteiger partial charge in [-0.1, -0.05) is 16.8 Å². The molecule has 3 rings (SSSR count). The summed E-state index contributed by atoms with van der Waals surface area (Å²) in [7, 11) is 0. The van der Waals surface area contributed by atoms with Crippen molar-refractivity contribution in [1.29, 1.82) is 0 Å². The molecule has 2 aromatic rings. The molecule has 7 heteroatoms. The zero-order chi connectivity index (χ0) is 16.2. The van der Waals surface area contributed by atoms with Crippen molar-refractivity contribution in [1.82, 2.24) is 5.16 Å². The minimum Gasteiger partial charge on any atom is -0.489 e. The highest BCUT2D eigenvalue weighted by Crippen LogP contribution is 2.29. The highest BCUT2D eigenvalue weighted by molar-refractivity contribution is 6.31. The number of aromatic nitrogens is 1. The Morgan fingerprint density at radius 2 is 2.35 bits per heavy atom. The van der Waals surface area contributed by atoms with Crippen LogP contribution < -0.4 is 10.1 Å². The lowest BCUT2D eigenvalue weighted by atomic mass is 10.2. The Morgan fingerprint density at radius 1 is 1.48 bits per heavy atom. The number of carbonyl (C=O) groups is 1. The minimum absolute atomic E-state index is 0.0890. The molecule has 1 atom stereocenters. The van der Waals surface area contributed by atoms with E-state index in [1.807, 2.05) is 0 Å². The van der Waals surface area contributed by atoms with Crippen LogP contribution in [0.3, 0.4) is 0 Å². The van der Waals surface area contributed by atoms with E-state index in [-0.39, 0.29) is 11.9 Å². The van der Waals surface area contributed by atoms with Crippen molar-refractivity contribution in [3.8, 4) is 5.75 Å². The maximum absolute atomic E-state index is 12.2. The van der Waals surface area contributed by atoms with Gasteiger partial charge < -0.3 is 19.3 Å². The smallest absolute Gasteiger partial charge is 0.294 e. The van der Waals surface area contributed by atoms with Crippen LogP contribution in [0.1, 0.15) is 29.1 Å². The van der Waals surface area contributed by atoms with Gasteiger partial charge in [-0.15, -0.1) is 0 Å². The first-order valence-corrected chi connectivity index (χ1v) is 7.78. The average molecular weight is 337 g/mol. The van der Waals surface area contributed by atoms with Crippen molar-refractivity contribution in [3.05, 3.63) is 40.7 Å². The Bertz CT molecular complexity index is 695. The predicted molar refractivity (Wildman–Crippen MR) is 85.1 cm³/mol. The van der Waals surface area contributed by atoms with Crippen molar-refractivity contribution < 1.29 is 18.8 Å². The van der Waals surface area contributed by atoms with Crippen LogP contribution in [0.2, 0.25) is 5.02 Å². The monoisotopic (exact) mass is 336 g/mol. The fourth-order valence-corrected chi connectivity index (χ4v) is 2.51. The van der Waals surface area contributed by atoms with Gasteiger partial charge in [0.15, 0.2) is 0 Å². The van der Waals surface area contributed by atoms with Gasteiger partial charge in [0.25, 0.3) is 5.91 Å². The molecule has 2 heterocycles. The Hall–Kier alpha value is -2.05. The van der Waals surface area contributed by atoms with Crippen molar-refractivity contribution >= 4 is 23.2 Å². The normalized spacial score (nSPS) is 17.2. The van der Waals surface area contributed by atoms with Crippen LogP contribution >= 0.6 is 11.6 Å². The maximum atomic E-state index is 12.2. The number of aryl methyl sites for hydroxylation is 1. The minimum atomic E-state index is -0.408. The molecule has 0 radical (unpaired) electrons. The number of benzene rings is 1. The van der Waals surface area contributed by atoms with Crippen LogP contribution in [0.5, 0.6) is 5.75 Å². The van der Waals surface area contributed by atoms with Gasteiger partial charge in [0, 0.05) is 17.7 Å². The summed E-state index contributed by atoms with van der Waals surface area (Å²) in [5.41, 5.74) is 1.12. The molecule has 1 aliphatic heterocycles. The van der Waals surface area contributed by atoms with Crippen LogP contribution in [-0.2, 0) is 4.74 Å². The topological polar surface area (TPSA) is 73.6 Å².